The summed E-state index contributed by atoms with van der Waals surface area (Å²) >= 11 is 1.78. The lowest BCUT2D eigenvalue weighted by molar-refractivity contribution is 0.168. The molecule has 0 saturated heterocycles. The summed E-state index contributed by atoms with van der Waals surface area (Å²) in [6.45, 7) is 1.66. The summed E-state index contributed by atoms with van der Waals surface area (Å²) in [6, 6.07) is 4.21. The van der Waals surface area contributed by atoms with Crippen LogP contribution in [0.2, 0.25) is 0 Å². The summed E-state index contributed by atoms with van der Waals surface area (Å²) in [4.78, 5) is 3.51. The number of hydrogen-bond acceptors (Lipinski definition) is 3. The third-order valence-corrected chi connectivity index (χ3v) is 2.41. The monoisotopic (exact) mass is 167 g/mol. The lowest BCUT2D eigenvalue weighted by atomic mass is 10.4. The summed E-state index contributed by atoms with van der Waals surface area (Å²) in [6.07, 6.45) is 3.70. The Morgan fingerprint density at radius 3 is 3.27 bits per heavy atom. The Balaban J connectivity index is 1.95. The molecule has 0 radical (unpaired) electrons. The van der Waals surface area contributed by atoms with Gasteiger partial charge in [0.05, 0.1) is 6.54 Å². The minimum atomic E-state index is 0.692. The third-order valence-electron chi connectivity index (χ3n) is 1.55. The largest absolute Gasteiger partial charge is 0.479 e. The first kappa shape index (κ1) is 6.73. The highest BCUT2D eigenvalue weighted by Gasteiger charge is 2.05. The van der Waals surface area contributed by atoms with Gasteiger partial charge in [0, 0.05) is 11.1 Å². The van der Waals surface area contributed by atoms with Crippen molar-refractivity contribution in [3.8, 4) is 0 Å². The molecule has 0 spiro atoms. The Bertz CT molecular complexity index is 243. The zero-order valence-corrected chi connectivity index (χ0v) is 6.88. The molecule has 1 aromatic rings. The van der Waals surface area contributed by atoms with E-state index in [0.29, 0.717) is 6.73 Å². The van der Waals surface area contributed by atoms with Crippen LogP contribution in [-0.2, 0) is 11.3 Å². The molecular weight excluding hydrogens is 158 g/mol. The number of thiophene rings is 1. The molecule has 0 aromatic carbocycles. The molecule has 0 amide bonds. The zero-order chi connectivity index (χ0) is 7.52. The second-order valence-electron chi connectivity index (χ2n) is 2.41. The van der Waals surface area contributed by atoms with Crippen molar-refractivity contribution in [3.05, 3.63) is 34.9 Å². The highest BCUT2D eigenvalue weighted by Crippen LogP contribution is 2.13. The minimum Gasteiger partial charge on any atom is -0.479 e. The van der Waals surface area contributed by atoms with Crippen LogP contribution in [0, 0.1) is 0 Å². The summed E-state index contributed by atoms with van der Waals surface area (Å²) in [5.41, 5.74) is 0. The average Bonchev–Trinajstić information content (AvgIpc) is 2.60. The predicted molar refractivity (Wildman–Crippen MR) is 45.0 cm³/mol. The maximum atomic E-state index is 5.06. The van der Waals surface area contributed by atoms with Crippen LogP contribution in [0.4, 0.5) is 0 Å². The van der Waals surface area contributed by atoms with Crippen LogP contribution in [0.25, 0.3) is 0 Å². The fourth-order valence-electron chi connectivity index (χ4n) is 1.01. The van der Waals surface area contributed by atoms with E-state index in [-0.39, 0.29) is 0 Å². The van der Waals surface area contributed by atoms with E-state index < -0.39 is 0 Å². The van der Waals surface area contributed by atoms with Gasteiger partial charge in [-0.2, -0.15) is 0 Å². The van der Waals surface area contributed by atoms with Crippen LogP contribution >= 0.6 is 11.3 Å². The van der Waals surface area contributed by atoms with Crippen molar-refractivity contribution in [3.63, 3.8) is 0 Å². The number of nitrogens with zero attached hydrogens (tertiary/aromatic N) is 1. The molecule has 58 valence electrons. The van der Waals surface area contributed by atoms with Crippen molar-refractivity contribution in [2.75, 3.05) is 6.73 Å². The molecule has 0 N–H and O–H groups in total. The Hall–Kier alpha value is -0.960. The van der Waals surface area contributed by atoms with Gasteiger partial charge in [-0.1, -0.05) is 6.07 Å². The van der Waals surface area contributed by atoms with Gasteiger partial charge in [-0.3, -0.25) is 0 Å². The van der Waals surface area contributed by atoms with Crippen LogP contribution in [-0.4, -0.2) is 11.6 Å². The fourth-order valence-corrected chi connectivity index (χ4v) is 1.74. The summed E-state index contributed by atoms with van der Waals surface area (Å²) in [7, 11) is 0. The van der Waals surface area contributed by atoms with Crippen LogP contribution in [0.1, 0.15) is 4.88 Å². The van der Waals surface area contributed by atoms with Crippen molar-refractivity contribution in [1.29, 1.82) is 0 Å². The van der Waals surface area contributed by atoms with Gasteiger partial charge in [-0.25, -0.2) is 0 Å². The Morgan fingerprint density at radius 2 is 2.64 bits per heavy atom. The van der Waals surface area contributed by atoms with E-state index in [0.717, 1.165) is 6.54 Å². The van der Waals surface area contributed by atoms with E-state index in [4.69, 9.17) is 4.74 Å². The molecule has 2 heterocycles. The van der Waals surface area contributed by atoms with E-state index in [1.54, 1.807) is 17.6 Å². The van der Waals surface area contributed by atoms with E-state index >= 15 is 0 Å². The number of hydrogen-bond donors (Lipinski definition) is 0. The van der Waals surface area contributed by atoms with Crippen molar-refractivity contribution < 1.29 is 4.74 Å². The first-order valence-electron chi connectivity index (χ1n) is 3.50. The third kappa shape index (κ3) is 1.54. The van der Waals surface area contributed by atoms with Crippen LogP contribution < -0.4 is 0 Å². The van der Waals surface area contributed by atoms with Crippen LogP contribution in [0.5, 0.6) is 0 Å². The van der Waals surface area contributed by atoms with Crippen molar-refractivity contribution in [2.45, 2.75) is 6.54 Å². The molecule has 2 nitrogen and oxygen atoms in total. The smallest absolute Gasteiger partial charge is 0.160 e. The normalized spacial score (nSPS) is 15.5. The molecule has 1 aromatic heterocycles. The predicted octanol–water partition coefficient (Wildman–Crippen LogP) is 2.01. The quantitative estimate of drug-likeness (QED) is 0.668. The molecule has 0 bridgehead atoms. The molecule has 0 fully saturated rings. The molecule has 0 atom stereocenters. The minimum absolute atomic E-state index is 0.692. The number of ether oxygens (including phenoxy) is 1. The van der Waals surface area contributed by atoms with E-state index in [1.165, 1.54) is 4.88 Å². The van der Waals surface area contributed by atoms with E-state index in [1.807, 2.05) is 6.20 Å². The Kier molecular flexibility index (Phi) is 1.81. The zero-order valence-electron chi connectivity index (χ0n) is 6.06. The first-order chi connectivity index (χ1) is 5.45. The Labute approximate surface area is 69.7 Å². The fraction of sp³-hybridized carbons (Fsp3) is 0.250. The maximum absolute atomic E-state index is 5.06. The first-order valence-corrected chi connectivity index (χ1v) is 4.38. The van der Waals surface area contributed by atoms with Gasteiger partial charge in [0.1, 0.15) is 6.26 Å². The van der Waals surface area contributed by atoms with E-state index in [2.05, 4.69) is 22.4 Å². The van der Waals surface area contributed by atoms with Gasteiger partial charge in [0.2, 0.25) is 0 Å². The molecule has 0 unspecified atom stereocenters. The van der Waals surface area contributed by atoms with Crippen molar-refractivity contribution in [1.82, 2.24) is 4.90 Å². The average molecular weight is 167 g/mol. The van der Waals surface area contributed by atoms with Gasteiger partial charge < -0.3 is 9.64 Å². The SMILES string of the molecule is C1=CN(Cc2cccs2)CO1. The van der Waals surface area contributed by atoms with Gasteiger partial charge in [-0.15, -0.1) is 11.3 Å². The molecule has 1 aliphatic heterocycles. The Morgan fingerprint density at radius 1 is 1.64 bits per heavy atom. The van der Waals surface area contributed by atoms with Gasteiger partial charge in [-0.05, 0) is 11.4 Å². The van der Waals surface area contributed by atoms with E-state index in [9.17, 15) is 0 Å². The van der Waals surface area contributed by atoms with Crippen molar-refractivity contribution >= 4 is 11.3 Å². The molecule has 11 heavy (non-hydrogen) atoms. The van der Waals surface area contributed by atoms with Gasteiger partial charge in [0.15, 0.2) is 6.73 Å². The maximum Gasteiger partial charge on any atom is 0.160 e. The molecule has 2 rings (SSSR count). The topological polar surface area (TPSA) is 12.5 Å². The molecule has 1 aliphatic rings. The van der Waals surface area contributed by atoms with Gasteiger partial charge in [0.25, 0.3) is 0 Å². The molecule has 3 heteroatoms. The summed E-state index contributed by atoms with van der Waals surface area (Å²) in [5.74, 6) is 0. The highest BCUT2D eigenvalue weighted by molar-refractivity contribution is 7.09. The highest BCUT2D eigenvalue weighted by atomic mass is 32.1. The summed E-state index contributed by atoms with van der Waals surface area (Å²) in [5, 5.41) is 2.09. The van der Waals surface area contributed by atoms with Gasteiger partial charge >= 0.3 is 0 Å². The standard InChI is InChI=1S/C8H9NOS/c1-2-8(11-5-1)6-9-3-4-10-7-9/h1-5H,6-7H2. The van der Waals surface area contributed by atoms with Crippen LogP contribution in [0.3, 0.4) is 0 Å². The lowest BCUT2D eigenvalue weighted by Gasteiger charge is -2.11. The lowest BCUT2D eigenvalue weighted by Crippen LogP contribution is -2.13. The number of rotatable bonds is 2. The summed E-state index contributed by atoms with van der Waals surface area (Å²) < 4.78 is 5.06. The second kappa shape index (κ2) is 2.96. The molecular formula is C8H9NOS. The van der Waals surface area contributed by atoms with Crippen molar-refractivity contribution in [2.24, 2.45) is 0 Å². The van der Waals surface area contributed by atoms with Crippen LogP contribution in [0.15, 0.2) is 30.0 Å². The molecule has 0 aliphatic carbocycles. The second-order valence-corrected chi connectivity index (χ2v) is 3.44. The molecule has 0 saturated carbocycles.